The minimum absolute atomic E-state index is 0.00705. The molecule has 25 heteroatoms. The third kappa shape index (κ3) is 19.9. The second kappa shape index (κ2) is 28.9. The summed E-state index contributed by atoms with van der Waals surface area (Å²) in [5.74, 6) is -8.69. The van der Waals surface area contributed by atoms with Gasteiger partial charge in [0.15, 0.2) is 5.96 Å². The van der Waals surface area contributed by atoms with Crippen molar-refractivity contribution in [3.05, 3.63) is 29.8 Å². The first-order chi connectivity index (χ1) is 32.0. The average molecular weight is 979 g/mol. The minimum Gasteiger partial charge on any atom is -0.508 e. The van der Waals surface area contributed by atoms with E-state index in [2.05, 4.69) is 49.5 Å². The lowest BCUT2D eigenvalue weighted by molar-refractivity contribution is -0.145. The Morgan fingerprint density at radius 3 is 1.84 bits per heavy atom. The SMILES string of the molecule is CC(C)C[C@H](NC(=O)[C@H](CCC(N)=O)NC(=O)[C@H](CS)NC(=O)[C@H](CO)NC(=O)[C@@H](N)CC(C)C)C(=O)N[C@@H](Cc1ccc(O)cc1)C(=O)N1CCC[C@H]1C(=O)N[C@@H](CCCN=C(N)N)C(=O)O. The molecule has 0 aromatic heterocycles. The average Bonchev–Trinajstić information content (AvgIpc) is 3.76. The Balaban J connectivity index is 2.37. The Labute approximate surface area is 400 Å². The Kier molecular flexibility index (Phi) is 24.6. The molecule has 24 nitrogen and oxygen atoms in total. The van der Waals surface area contributed by atoms with Crippen molar-refractivity contribution in [3.8, 4) is 5.75 Å². The van der Waals surface area contributed by atoms with Crippen LogP contribution >= 0.6 is 12.6 Å². The predicted octanol–water partition coefficient (Wildman–Crippen LogP) is -3.42. The normalized spacial score (nSPS) is 16.5. The molecule has 0 saturated carbocycles. The quantitative estimate of drug-likeness (QED) is 0.0161. The molecule has 0 unspecified atom stereocenters. The van der Waals surface area contributed by atoms with Gasteiger partial charge in [0.1, 0.15) is 48.0 Å². The van der Waals surface area contributed by atoms with Crippen molar-refractivity contribution in [3.63, 3.8) is 0 Å². The van der Waals surface area contributed by atoms with Crippen LogP contribution in [0.1, 0.15) is 84.6 Å². The van der Waals surface area contributed by atoms with E-state index in [1.165, 1.54) is 29.2 Å². The molecule has 1 aromatic carbocycles. The number of benzene rings is 1. The van der Waals surface area contributed by atoms with Crippen LogP contribution in [0.15, 0.2) is 29.3 Å². The summed E-state index contributed by atoms with van der Waals surface area (Å²) < 4.78 is 0. The standard InChI is InChI=1S/C43H70N12O12S/c1-22(2)17-26(44)35(59)53-31(20-56)38(62)54-32(21-68)39(63)49-27(13-14-34(45)58)36(60)51-29(18-23(3)4)37(61)52-30(19-24-9-11-25(57)12-10-24)41(65)55-16-6-8-33(55)40(64)50-28(42(66)67)7-5-15-48-43(46)47/h9-12,22-23,26-33,56-57,68H,5-8,13-21,44H2,1-4H3,(H2,45,58)(H,49,63)(H,50,64)(H,51,60)(H,52,61)(H,53,59)(H,54,62)(H,66,67)(H4,46,47,48)/t26-,27-,28-,29-,30-,31-,32-,33-/m0/s1. The summed E-state index contributed by atoms with van der Waals surface area (Å²) >= 11 is 4.15. The van der Waals surface area contributed by atoms with Crippen LogP contribution in [0.2, 0.25) is 0 Å². The number of carboxylic acids is 1. The second-order valence-electron chi connectivity index (χ2n) is 17.5. The molecule has 2 rings (SSSR count). The molecule has 0 spiro atoms. The zero-order chi connectivity index (χ0) is 51.2. The van der Waals surface area contributed by atoms with Crippen molar-refractivity contribution < 1.29 is 58.5 Å². The number of nitrogens with two attached hydrogens (primary N) is 4. The molecule has 0 aliphatic carbocycles. The number of primary amides is 1. The number of rotatable bonds is 29. The molecule has 1 aliphatic heterocycles. The number of carbonyl (C=O) groups excluding carboxylic acids is 8. The number of likely N-dealkylation sites (tertiary alicyclic amines) is 1. The number of nitrogens with one attached hydrogen (secondary N) is 6. The summed E-state index contributed by atoms with van der Waals surface area (Å²) in [7, 11) is 0. The summed E-state index contributed by atoms with van der Waals surface area (Å²) in [4.78, 5) is 125. The van der Waals surface area contributed by atoms with E-state index >= 15 is 0 Å². The van der Waals surface area contributed by atoms with Gasteiger partial charge in [0.25, 0.3) is 0 Å². The topological polar surface area (TPSA) is 406 Å². The van der Waals surface area contributed by atoms with Crippen molar-refractivity contribution in [1.82, 2.24) is 36.8 Å². The van der Waals surface area contributed by atoms with E-state index in [0.717, 1.165) is 0 Å². The number of phenolic OH excluding ortho intramolecular Hbond substituents is 1. The Bertz CT molecular complexity index is 1930. The molecule has 8 amide bonds. The fourth-order valence-corrected chi connectivity index (χ4v) is 7.49. The maximum absolute atomic E-state index is 14.4. The van der Waals surface area contributed by atoms with Gasteiger partial charge in [-0.3, -0.25) is 43.3 Å². The predicted molar refractivity (Wildman–Crippen MR) is 252 cm³/mol. The number of aliphatic carboxylic acids is 1. The van der Waals surface area contributed by atoms with Crippen molar-refractivity contribution in [2.24, 2.45) is 39.8 Å². The zero-order valence-corrected chi connectivity index (χ0v) is 39.8. The van der Waals surface area contributed by atoms with Gasteiger partial charge in [-0.05, 0) is 74.5 Å². The summed E-state index contributed by atoms with van der Waals surface area (Å²) in [6, 6.07) is -4.75. The van der Waals surface area contributed by atoms with Gasteiger partial charge < -0.3 is 75.1 Å². The van der Waals surface area contributed by atoms with Crippen LogP contribution in [-0.2, 0) is 49.6 Å². The number of hydrogen-bond acceptors (Lipinski definition) is 14. The maximum Gasteiger partial charge on any atom is 0.326 e. The fraction of sp³-hybridized carbons (Fsp3) is 0.628. The van der Waals surface area contributed by atoms with Crippen LogP contribution in [0.25, 0.3) is 0 Å². The van der Waals surface area contributed by atoms with Crippen LogP contribution in [-0.4, -0.2) is 153 Å². The van der Waals surface area contributed by atoms with Crippen molar-refractivity contribution in [1.29, 1.82) is 0 Å². The van der Waals surface area contributed by atoms with Crippen molar-refractivity contribution >= 4 is 71.8 Å². The van der Waals surface area contributed by atoms with Gasteiger partial charge >= 0.3 is 5.97 Å². The Morgan fingerprint density at radius 2 is 1.28 bits per heavy atom. The molecule has 1 saturated heterocycles. The monoisotopic (exact) mass is 978 g/mol. The van der Waals surface area contributed by atoms with E-state index in [-0.39, 0.29) is 80.9 Å². The first-order valence-electron chi connectivity index (χ1n) is 22.4. The smallest absolute Gasteiger partial charge is 0.326 e. The van der Waals surface area contributed by atoms with E-state index in [0.29, 0.717) is 18.4 Å². The van der Waals surface area contributed by atoms with Gasteiger partial charge in [-0.2, -0.15) is 12.6 Å². The molecule has 0 bridgehead atoms. The number of aliphatic hydroxyl groups excluding tert-OH is 1. The fourth-order valence-electron chi connectivity index (χ4n) is 7.23. The first kappa shape index (κ1) is 57.9. The van der Waals surface area contributed by atoms with Gasteiger partial charge in [0.05, 0.1) is 12.6 Å². The lowest BCUT2D eigenvalue weighted by Gasteiger charge is -2.31. The number of aliphatic hydroxyl groups is 1. The number of carbonyl (C=O) groups is 9. The van der Waals surface area contributed by atoms with Crippen LogP contribution in [0.4, 0.5) is 0 Å². The highest BCUT2D eigenvalue weighted by molar-refractivity contribution is 7.80. The maximum atomic E-state index is 14.4. The number of nitrogens with zero attached hydrogens (tertiary/aromatic N) is 2. The van der Waals surface area contributed by atoms with E-state index in [1.807, 2.05) is 13.8 Å². The molecular formula is C43H70N12O12S. The Hall–Kier alpha value is -6.21. The number of thiol groups is 1. The molecule has 1 heterocycles. The summed E-state index contributed by atoms with van der Waals surface area (Å²) in [5, 5.41) is 44.6. The van der Waals surface area contributed by atoms with Gasteiger partial charge in [0, 0.05) is 31.7 Å². The molecule has 68 heavy (non-hydrogen) atoms. The Morgan fingerprint density at radius 1 is 0.735 bits per heavy atom. The third-order valence-electron chi connectivity index (χ3n) is 10.7. The minimum atomic E-state index is -1.52. The second-order valence-corrected chi connectivity index (χ2v) is 17.8. The summed E-state index contributed by atoms with van der Waals surface area (Å²) in [6.07, 6.45) is 0.194. The van der Waals surface area contributed by atoms with Crippen LogP contribution < -0.4 is 54.8 Å². The summed E-state index contributed by atoms with van der Waals surface area (Å²) in [5.41, 5.74) is 22.5. The zero-order valence-electron chi connectivity index (χ0n) is 38.9. The lowest BCUT2D eigenvalue weighted by Crippen LogP contribution is -2.61. The van der Waals surface area contributed by atoms with Crippen LogP contribution in [0.3, 0.4) is 0 Å². The molecule has 380 valence electrons. The highest BCUT2D eigenvalue weighted by atomic mass is 32.1. The molecule has 1 aliphatic rings. The van der Waals surface area contributed by atoms with E-state index < -0.39 is 115 Å². The van der Waals surface area contributed by atoms with Crippen molar-refractivity contribution in [2.45, 2.75) is 134 Å². The van der Waals surface area contributed by atoms with E-state index in [1.54, 1.807) is 13.8 Å². The molecule has 17 N–H and O–H groups in total. The van der Waals surface area contributed by atoms with Gasteiger partial charge in [0.2, 0.25) is 47.3 Å². The van der Waals surface area contributed by atoms with E-state index in [9.17, 15) is 58.5 Å². The number of hydrogen-bond donors (Lipinski definition) is 14. The molecule has 1 fully saturated rings. The van der Waals surface area contributed by atoms with Crippen LogP contribution in [0, 0.1) is 11.8 Å². The highest BCUT2D eigenvalue weighted by Crippen LogP contribution is 2.21. The first-order valence-corrected chi connectivity index (χ1v) is 23.0. The molecular weight excluding hydrogens is 909 g/mol. The number of amides is 8. The molecule has 1 aromatic rings. The third-order valence-corrected chi connectivity index (χ3v) is 11.1. The van der Waals surface area contributed by atoms with E-state index in [4.69, 9.17) is 22.9 Å². The molecule has 0 radical (unpaired) electrons. The lowest BCUT2D eigenvalue weighted by atomic mass is 9.99. The van der Waals surface area contributed by atoms with Gasteiger partial charge in [-0.1, -0.05) is 39.8 Å². The van der Waals surface area contributed by atoms with Gasteiger partial charge in [-0.25, -0.2) is 4.79 Å². The van der Waals surface area contributed by atoms with Gasteiger partial charge in [-0.15, -0.1) is 0 Å². The number of carboxylic acid groups (broad SMARTS) is 1. The largest absolute Gasteiger partial charge is 0.508 e. The van der Waals surface area contributed by atoms with Crippen LogP contribution in [0.5, 0.6) is 5.75 Å². The number of aromatic hydroxyl groups is 1. The number of aliphatic imine (C=N–C) groups is 1. The van der Waals surface area contributed by atoms with Crippen molar-refractivity contribution in [2.75, 3.05) is 25.4 Å². The molecule has 8 atom stereocenters. The highest BCUT2D eigenvalue weighted by Gasteiger charge is 2.40. The number of phenols is 1. The number of guanidine groups is 1. The summed E-state index contributed by atoms with van der Waals surface area (Å²) in [6.45, 7) is 6.57.